The highest BCUT2D eigenvalue weighted by atomic mass is 35.5. The van der Waals surface area contributed by atoms with E-state index in [-0.39, 0.29) is 37.3 Å². The van der Waals surface area contributed by atoms with Gasteiger partial charge in [-0.3, -0.25) is 9.69 Å². The monoisotopic (exact) mass is 417 g/mol. The molecule has 144 valence electrons. The van der Waals surface area contributed by atoms with Gasteiger partial charge in [-0.25, -0.2) is 0 Å². The van der Waals surface area contributed by atoms with Crippen LogP contribution in [0.3, 0.4) is 0 Å². The number of amides is 1. The van der Waals surface area contributed by atoms with Crippen LogP contribution < -0.4 is 11.1 Å². The van der Waals surface area contributed by atoms with Crippen molar-refractivity contribution in [2.24, 2.45) is 5.73 Å². The van der Waals surface area contributed by atoms with Gasteiger partial charge in [0.15, 0.2) is 0 Å². The fourth-order valence-electron chi connectivity index (χ4n) is 2.79. The van der Waals surface area contributed by atoms with Crippen molar-refractivity contribution in [3.8, 4) is 0 Å². The Bertz CT molecular complexity index is 718. The molecule has 0 spiro atoms. The molecule has 2 aromatic rings. The first-order chi connectivity index (χ1) is 11.7. The van der Waals surface area contributed by atoms with E-state index in [1.54, 1.807) is 6.07 Å². The number of furan rings is 1. The zero-order valence-electron chi connectivity index (χ0n) is 14.7. The maximum atomic E-state index is 12.4. The van der Waals surface area contributed by atoms with Crippen LogP contribution in [0.4, 0.5) is 5.69 Å². The standard InChI is InChI=1S/C18H23N3O2S.2ClH/c1-13-14(11-21-5-7-24-8-6-21)3-2-4-17(13)20-18(22)15-9-16(10-19)23-12-15;;/h2-4,9,12H,5-8,10-11,19H2,1H3,(H,20,22);2*1H. The number of nitrogens with one attached hydrogen (secondary N) is 1. The molecule has 0 saturated carbocycles. The molecule has 1 amide bonds. The zero-order chi connectivity index (χ0) is 16.9. The molecular weight excluding hydrogens is 393 g/mol. The van der Waals surface area contributed by atoms with Crippen molar-refractivity contribution in [2.75, 3.05) is 29.9 Å². The number of hydrogen-bond donors (Lipinski definition) is 2. The topological polar surface area (TPSA) is 71.5 Å². The summed E-state index contributed by atoms with van der Waals surface area (Å²) < 4.78 is 5.23. The Kier molecular flexibility index (Phi) is 9.54. The molecule has 8 heteroatoms. The van der Waals surface area contributed by atoms with E-state index in [1.165, 1.54) is 23.3 Å². The summed E-state index contributed by atoms with van der Waals surface area (Å²) in [5.74, 6) is 2.82. The zero-order valence-corrected chi connectivity index (χ0v) is 17.1. The van der Waals surface area contributed by atoms with Crippen molar-refractivity contribution < 1.29 is 9.21 Å². The number of carbonyl (C=O) groups is 1. The molecule has 5 nitrogen and oxygen atoms in total. The van der Waals surface area contributed by atoms with E-state index >= 15 is 0 Å². The number of hydrogen-bond acceptors (Lipinski definition) is 5. The number of anilines is 1. The summed E-state index contributed by atoms with van der Waals surface area (Å²) in [6.07, 6.45) is 1.45. The summed E-state index contributed by atoms with van der Waals surface area (Å²) in [5.41, 5.74) is 9.23. The maximum Gasteiger partial charge on any atom is 0.258 e. The van der Waals surface area contributed by atoms with Crippen LogP contribution in [0, 0.1) is 6.92 Å². The normalized spacial score (nSPS) is 14.2. The molecule has 1 aliphatic heterocycles. The molecule has 3 rings (SSSR count). The smallest absolute Gasteiger partial charge is 0.258 e. The molecule has 0 radical (unpaired) electrons. The summed E-state index contributed by atoms with van der Waals surface area (Å²) >= 11 is 2.01. The average molecular weight is 418 g/mol. The lowest BCUT2D eigenvalue weighted by atomic mass is 10.1. The van der Waals surface area contributed by atoms with Gasteiger partial charge in [0.25, 0.3) is 5.91 Å². The van der Waals surface area contributed by atoms with E-state index in [1.807, 2.05) is 23.9 Å². The second-order valence-electron chi connectivity index (χ2n) is 5.94. The van der Waals surface area contributed by atoms with E-state index in [0.717, 1.165) is 30.9 Å². The van der Waals surface area contributed by atoms with Crippen molar-refractivity contribution in [3.05, 3.63) is 53.0 Å². The first-order valence-electron chi connectivity index (χ1n) is 8.15. The number of thioether (sulfide) groups is 1. The van der Waals surface area contributed by atoms with Gasteiger partial charge in [-0.15, -0.1) is 24.8 Å². The summed E-state index contributed by atoms with van der Waals surface area (Å²) in [6.45, 7) is 5.52. The molecule has 0 atom stereocenters. The molecular formula is C18H25Cl2N3O2S. The molecule has 1 aromatic carbocycles. The Balaban J connectivity index is 0.00000169. The Labute approximate surface area is 170 Å². The van der Waals surface area contributed by atoms with E-state index in [2.05, 4.69) is 23.2 Å². The third-order valence-electron chi connectivity index (χ3n) is 4.31. The summed E-state index contributed by atoms with van der Waals surface area (Å²) in [4.78, 5) is 14.8. The highest BCUT2D eigenvalue weighted by Crippen LogP contribution is 2.22. The Hall–Kier alpha value is -1.18. The predicted molar refractivity (Wildman–Crippen MR) is 113 cm³/mol. The van der Waals surface area contributed by atoms with Gasteiger partial charge in [-0.05, 0) is 30.2 Å². The van der Waals surface area contributed by atoms with Gasteiger partial charge in [0.2, 0.25) is 0 Å². The number of nitrogens with zero attached hydrogens (tertiary/aromatic N) is 1. The average Bonchev–Trinajstić information content (AvgIpc) is 3.09. The quantitative estimate of drug-likeness (QED) is 0.775. The molecule has 26 heavy (non-hydrogen) atoms. The maximum absolute atomic E-state index is 12.4. The van der Waals surface area contributed by atoms with Crippen LogP contribution in [0.25, 0.3) is 0 Å². The highest BCUT2D eigenvalue weighted by Gasteiger charge is 2.15. The van der Waals surface area contributed by atoms with Gasteiger partial charge >= 0.3 is 0 Å². The predicted octanol–water partition coefficient (Wildman–Crippen LogP) is 3.69. The minimum absolute atomic E-state index is 0. The van der Waals surface area contributed by atoms with Gasteiger partial charge in [0.1, 0.15) is 12.0 Å². The van der Waals surface area contributed by atoms with E-state index in [0.29, 0.717) is 11.3 Å². The van der Waals surface area contributed by atoms with Crippen molar-refractivity contribution in [2.45, 2.75) is 20.0 Å². The number of nitrogens with two attached hydrogens (primary N) is 1. The Morgan fingerprint density at radius 2 is 2.04 bits per heavy atom. The lowest BCUT2D eigenvalue weighted by Crippen LogP contribution is -2.32. The second-order valence-corrected chi connectivity index (χ2v) is 7.16. The molecule has 3 N–H and O–H groups in total. The number of benzene rings is 1. The molecule has 1 saturated heterocycles. The lowest BCUT2D eigenvalue weighted by molar-refractivity contribution is 0.102. The first kappa shape index (κ1) is 22.9. The molecule has 1 fully saturated rings. The van der Waals surface area contributed by atoms with Crippen molar-refractivity contribution in [1.82, 2.24) is 4.90 Å². The minimum Gasteiger partial charge on any atom is -0.467 e. The Morgan fingerprint density at radius 1 is 1.31 bits per heavy atom. The number of carbonyl (C=O) groups excluding carboxylic acids is 1. The van der Waals surface area contributed by atoms with Crippen LogP contribution in [0.5, 0.6) is 0 Å². The van der Waals surface area contributed by atoms with E-state index in [9.17, 15) is 4.79 Å². The van der Waals surface area contributed by atoms with Crippen LogP contribution in [-0.4, -0.2) is 35.4 Å². The van der Waals surface area contributed by atoms with Gasteiger partial charge < -0.3 is 15.5 Å². The van der Waals surface area contributed by atoms with E-state index in [4.69, 9.17) is 10.2 Å². The van der Waals surface area contributed by atoms with Crippen LogP contribution in [-0.2, 0) is 13.1 Å². The second kappa shape index (κ2) is 10.8. The fourth-order valence-corrected chi connectivity index (χ4v) is 3.77. The summed E-state index contributed by atoms with van der Waals surface area (Å²) in [5, 5.41) is 2.98. The SMILES string of the molecule is Cc1c(CN2CCSCC2)cccc1NC(=O)c1coc(CN)c1.Cl.Cl. The number of halogens is 2. The molecule has 0 unspecified atom stereocenters. The lowest BCUT2D eigenvalue weighted by Gasteiger charge is -2.27. The Morgan fingerprint density at radius 3 is 2.69 bits per heavy atom. The minimum atomic E-state index is -0.173. The van der Waals surface area contributed by atoms with Gasteiger partial charge in [0, 0.05) is 36.8 Å². The molecule has 1 aliphatic rings. The summed E-state index contributed by atoms with van der Waals surface area (Å²) in [6, 6.07) is 7.75. The van der Waals surface area contributed by atoms with Gasteiger partial charge in [-0.2, -0.15) is 11.8 Å². The number of rotatable bonds is 5. The summed E-state index contributed by atoms with van der Waals surface area (Å²) in [7, 11) is 0. The molecule has 0 aliphatic carbocycles. The molecule has 2 heterocycles. The van der Waals surface area contributed by atoms with Gasteiger partial charge in [-0.1, -0.05) is 12.1 Å². The van der Waals surface area contributed by atoms with Crippen LogP contribution >= 0.6 is 36.6 Å². The van der Waals surface area contributed by atoms with Crippen LogP contribution in [0.15, 0.2) is 34.9 Å². The third kappa shape index (κ3) is 5.66. The third-order valence-corrected chi connectivity index (χ3v) is 5.25. The van der Waals surface area contributed by atoms with Crippen molar-refractivity contribution in [1.29, 1.82) is 0 Å². The van der Waals surface area contributed by atoms with Crippen LogP contribution in [0.2, 0.25) is 0 Å². The molecule has 0 bridgehead atoms. The molecule has 1 aromatic heterocycles. The van der Waals surface area contributed by atoms with Crippen LogP contribution in [0.1, 0.15) is 27.2 Å². The van der Waals surface area contributed by atoms with Crippen molar-refractivity contribution >= 4 is 48.2 Å². The van der Waals surface area contributed by atoms with E-state index < -0.39 is 0 Å². The van der Waals surface area contributed by atoms with Gasteiger partial charge in [0.05, 0.1) is 12.1 Å². The largest absolute Gasteiger partial charge is 0.467 e. The van der Waals surface area contributed by atoms with Crippen molar-refractivity contribution in [3.63, 3.8) is 0 Å². The fraction of sp³-hybridized carbons (Fsp3) is 0.389. The first-order valence-corrected chi connectivity index (χ1v) is 9.30. The highest BCUT2D eigenvalue weighted by molar-refractivity contribution is 7.99.